The smallest absolute Gasteiger partial charge is 0.146 e. The highest BCUT2D eigenvalue weighted by Gasteiger charge is 2.22. The molecule has 0 aromatic carbocycles. The Morgan fingerprint density at radius 2 is 2.46 bits per heavy atom. The fraction of sp³-hybridized carbons (Fsp3) is 0.900. The second kappa shape index (κ2) is 4.20. The van der Waals surface area contributed by atoms with E-state index < -0.39 is 0 Å². The molecule has 3 heteroatoms. The molecule has 0 aromatic rings. The van der Waals surface area contributed by atoms with Crippen LogP contribution in [0.2, 0.25) is 0 Å². The molecular formula is C10H17NO2. The molecule has 1 atom stereocenters. The first-order valence-electron chi connectivity index (χ1n) is 5.16. The summed E-state index contributed by atoms with van der Waals surface area (Å²) in [6, 6.07) is 0. The summed E-state index contributed by atoms with van der Waals surface area (Å²) < 4.78 is 5.31. The van der Waals surface area contributed by atoms with Crippen LogP contribution in [0.4, 0.5) is 0 Å². The van der Waals surface area contributed by atoms with E-state index >= 15 is 0 Å². The van der Waals surface area contributed by atoms with E-state index in [2.05, 4.69) is 4.90 Å². The Morgan fingerprint density at radius 1 is 1.54 bits per heavy atom. The van der Waals surface area contributed by atoms with Gasteiger partial charge < -0.3 is 4.74 Å². The minimum absolute atomic E-state index is 0.408. The predicted octanol–water partition coefficient (Wildman–Crippen LogP) is 0.688. The third kappa shape index (κ3) is 2.51. The first-order valence-corrected chi connectivity index (χ1v) is 5.16. The zero-order valence-electron chi connectivity index (χ0n) is 8.00. The van der Waals surface area contributed by atoms with E-state index in [0.29, 0.717) is 18.2 Å². The minimum Gasteiger partial charge on any atom is -0.381 e. The van der Waals surface area contributed by atoms with Crippen molar-refractivity contribution < 1.29 is 9.53 Å². The third-order valence-electron chi connectivity index (χ3n) is 2.87. The summed E-state index contributed by atoms with van der Waals surface area (Å²) in [5.74, 6) is 1.08. The van der Waals surface area contributed by atoms with Crippen LogP contribution in [0.1, 0.15) is 19.3 Å². The summed E-state index contributed by atoms with van der Waals surface area (Å²) in [6.07, 6.45) is 3.01. The number of ether oxygens (including phenoxy) is 1. The van der Waals surface area contributed by atoms with Crippen molar-refractivity contribution >= 4 is 5.78 Å². The van der Waals surface area contributed by atoms with Gasteiger partial charge in [-0.15, -0.1) is 0 Å². The average molecular weight is 183 g/mol. The molecule has 0 radical (unpaired) electrons. The molecule has 0 spiro atoms. The van der Waals surface area contributed by atoms with Crippen LogP contribution in [0.3, 0.4) is 0 Å². The van der Waals surface area contributed by atoms with E-state index in [1.54, 1.807) is 0 Å². The van der Waals surface area contributed by atoms with Gasteiger partial charge in [-0.1, -0.05) is 0 Å². The zero-order valence-corrected chi connectivity index (χ0v) is 8.00. The Balaban J connectivity index is 1.76. The van der Waals surface area contributed by atoms with Crippen LogP contribution in [0.25, 0.3) is 0 Å². The minimum atomic E-state index is 0.408. The van der Waals surface area contributed by atoms with Gasteiger partial charge in [0, 0.05) is 19.6 Å². The number of piperidine rings is 1. The zero-order chi connectivity index (χ0) is 9.10. The molecule has 2 saturated heterocycles. The first-order chi connectivity index (χ1) is 6.34. The summed E-state index contributed by atoms with van der Waals surface area (Å²) in [7, 11) is 0. The van der Waals surface area contributed by atoms with Crippen molar-refractivity contribution in [2.45, 2.75) is 19.3 Å². The van der Waals surface area contributed by atoms with Gasteiger partial charge in [-0.25, -0.2) is 0 Å². The van der Waals surface area contributed by atoms with E-state index in [1.165, 1.54) is 6.42 Å². The van der Waals surface area contributed by atoms with E-state index in [1.807, 2.05) is 0 Å². The van der Waals surface area contributed by atoms with E-state index in [4.69, 9.17) is 4.74 Å². The second-order valence-corrected chi connectivity index (χ2v) is 4.11. The fourth-order valence-electron chi connectivity index (χ4n) is 2.16. The van der Waals surface area contributed by atoms with Gasteiger partial charge >= 0.3 is 0 Å². The van der Waals surface area contributed by atoms with Gasteiger partial charge in [0.15, 0.2) is 0 Å². The van der Waals surface area contributed by atoms with Gasteiger partial charge in [0.2, 0.25) is 0 Å². The summed E-state index contributed by atoms with van der Waals surface area (Å²) in [6.45, 7) is 4.64. The van der Waals surface area contributed by atoms with Crippen molar-refractivity contribution in [1.82, 2.24) is 4.90 Å². The molecule has 0 aromatic heterocycles. The van der Waals surface area contributed by atoms with E-state index in [0.717, 1.165) is 39.1 Å². The number of carbonyl (C=O) groups is 1. The number of rotatable bonds is 2. The SMILES string of the molecule is O=C1CCCN(CC2CCOC2)C1. The number of hydrogen-bond donors (Lipinski definition) is 0. The summed E-state index contributed by atoms with van der Waals surface area (Å²) >= 11 is 0. The van der Waals surface area contributed by atoms with Crippen molar-refractivity contribution in [1.29, 1.82) is 0 Å². The standard InChI is InChI=1S/C10H17NO2/c12-10-2-1-4-11(7-10)6-9-3-5-13-8-9/h9H,1-8H2. The molecule has 3 nitrogen and oxygen atoms in total. The Bertz CT molecular complexity index is 187. The molecule has 2 aliphatic rings. The van der Waals surface area contributed by atoms with Crippen LogP contribution in [0.5, 0.6) is 0 Å². The van der Waals surface area contributed by atoms with Crippen LogP contribution in [0.15, 0.2) is 0 Å². The van der Waals surface area contributed by atoms with Gasteiger partial charge in [0.05, 0.1) is 13.2 Å². The highest BCUT2D eigenvalue weighted by atomic mass is 16.5. The number of carbonyl (C=O) groups excluding carboxylic acids is 1. The van der Waals surface area contributed by atoms with Gasteiger partial charge in [0.25, 0.3) is 0 Å². The van der Waals surface area contributed by atoms with Crippen molar-refractivity contribution in [2.75, 3.05) is 32.8 Å². The summed E-state index contributed by atoms with van der Waals surface area (Å²) in [4.78, 5) is 13.5. The van der Waals surface area contributed by atoms with Crippen LogP contribution in [-0.4, -0.2) is 43.5 Å². The maximum Gasteiger partial charge on any atom is 0.146 e. The number of hydrogen-bond acceptors (Lipinski definition) is 3. The Hall–Kier alpha value is -0.410. The maximum atomic E-state index is 11.2. The number of ketones is 1. The molecule has 0 aliphatic carbocycles. The molecule has 0 amide bonds. The first kappa shape index (κ1) is 9.16. The molecule has 0 bridgehead atoms. The lowest BCUT2D eigenvalue weighted by Crippen LogP contribution is -2.38. The summed E-state index contributed by atoms with van der Waals surface area (Å²) in [5.41, 5.74) is 0. The normalized spacial score (nSPS) is 31.1. The highest BCUT2D eigenvalue weighted by molar-refractivity contribution is 5.81. The number of Topliss-reactive ketones (excluding diaryl/α,β-unsaturated/α-hetero) is 1. The van der Waals surface area contributed by atoms with E-state index in [9.17, 15) is 4.79 Å². The lowest BCUT2D eigenvalue weighted by Gasteiger charge is -2.27. The van der Waals surface area contributed by atoms with Gasteiger partial charge in [-0.05, 0) is 25.3 Å². The number of likely N-dealkylation sites (tertiary alicyclic amines) is 1. The maximum absolute atomic E-state index is 11.2. The molecule has 2 fully saturated rings. The highest BCUT2D eigenvalue weighted by Crippen LogP contribution is 2.16. The lowest BCUT2D eigenvalue weighted by atomic mass is 10.1. The largest absolute Gasteiger partial charge is 0.381 e. The van der Waals surface area contributed by atoms with Gasteiger partial charge in [-0.3, -0.25) is 9.69 Å². The molecule has 74 valence electrons. The Labute approximate surface area is 79.0 Å². The van der Waals surface area contributed by atoms with Crippen LogP contribution in [0, 0.1) is 5.92 Å². The molecule has 0 N–H and O–H groups in total. The topological polar surface area (TPSA) is 29.5 Å². The van der Waals surface area contributed by atoms with Crippen molar-refractivity contribution in [2.24, 2.45) is 5.92 Å². The van der Waals surface area contributed by atoms with Gasteiger partial charge in [-0.2, -0.15) is 0 Å². The van der Waals surface area contributed by atoms with Crippen molar-refractivity contribution in [3.8, 4) is 0 Å². The van der Waals surface area contributed by atoms with Crippen LogP contribution < -0.4 is 0 Å². The third-order valence-corrected chi connectivity index (χ3v) is 2.87. The lowest BCUT2D eigenvalue weighted by molar-refractivity contribution is -0.122. The molecular weight excluding hydrogens is 166 g/mol. The van der Waals surface area contributed by atoms with Crippen LogP contribution in [-0.2, 0) is 9.53 Å². The monoisotopic (exact) mass is 183 g/mol. The number of nitrogens with zero attached hydrogens (tertiary/aromatic N) is 1. The molecule has 2 rings (SSSR count). The molecule has 2 aliphatic heterocycles. The Morgan fingerprint density at radius 3 is 3.15 bits per heavy atom. The quantitative estimate of drug-likeness (QED) is 0.630. The van der Waals surface area contributed by atoms with Crippen molar-refractivity contribution in [3.63, 3.8) is 0 Å². The molecule has 13 heavy (non-hydrogen) atoms. The molecule has 1 unspecified atom stereocenters. The molecule has 0 saturated carbocycles. The Kier molecular flexibility index (Phi) is 2.96. The predicted molar refractivity (Wildman–Crippen MR) is 49.6 cm³/mol. The second-order valence-electron chi connectivity index (χ2n) is 4.11. The van der Waals surface area contributed by atoms with Gasteiger partial charge in [0.1, 0.15) is 5.78 Å². The average Bonchev–Trinajstić information content (AvgIpc) is 2.57. The fourth-order valence-corrected chi connectivity index (χ4v) is 2.16. The van der Waals surface area contributed by atoms with Crippen LogP contribution >= 0.6 is 0 Å². The molecule has 2 heterocycles. The van der Waals surface area contributed by atoms with Crippen molar-refractivity contribution in [3.05, 3.63) is 0 Å². The van der Waals surface area contributed by atoms with E-state index in [-0.39, 0.29) is 0 Å². The summed E-state index contributed by atoms with van der Waals surface area (Å²) in [5, 5.41) is 0.